The molecule has 0 saturated heterocycles. The second kappa shape index (κ2) is 4.37. The number of nitro groups is 1. The molecule has 1 rings (SSSR count). The third kappa shape index (κ3) is 3.14. The number of nitrogens with zero attached hydrogens (tertiary/aromatic N) is 1. The molecule has 0 aliphatic rings. The van der Waals surface area contributed by atoms with Crippen LogP contribution in [0.25, 0.3) is 0 Å². The maximum absolute atomic E-state index is 10.4. The summed E-state index contributed by atoms with van der Waals surface area (Å²) in [6.45, 7) is 1.61. The van der Waals surface area contributed by atoms with E-state index >= 15 is 0 Å². The zero-order chi connectivity index (χ0) is 9.84. The minimum atomic E-state index is -0.519. The van der Waals surface area contributed by atoms with E-state index in [0.29, 0.717) is 6.42 Å². The molecule has 0 unspecified atom stereocenters. The molecule has 0 aromatic heterocycles. The molecule has 0 saturated carbocycles. The van der Waals surface area contributed by atoms with Crippen molar-refractivity contribution in [2.45, 2.75) is 19.4 Å². The maximum atomic E-state index is 10.4. The van der Waals surface area contributed by atoms with E-state index in [4.69, 9.17) is 0 Å². The Kier molecular flexibility index (Phi) is 3.42. The lowest BCUT2D eigenvalue weighted by atomic mass is 10.1. The molecule has 0 amide bonds. The predicted molar refractivity (Wildman–Crippen MR) is 54.3 cm³/mol. The minimum absolute atomic E-state index is 0.263. The summed E-state index contributed by atoms with van der Waals surface area (Å²) in [5, 5.41) is 10.4. The minimum Gasteiger partial charge on any atom is -0.264 e. The molecule has 1 aromatic rings. The molecule has 0 N–H and O–H groups in total. The second-order valence-electron chi connectivity index (χ2n) is 2.97. The van der Waals surface area contributed by atoms with Crippen molar-refractivity contribution in [3.05, 3.63) is 44.4 Å². The van der Waals surface area contributed by atoms with Gasteiger partial charge in [-0.1, -0.05) is 28.1 Å². The third-order valence-corrected chi connectivity index (χ3v) is 2.27. The molecule has 0 heterocycles. The molecular formula is C9H10BrNO2. The van der Waals surface area contributed by atoms with E-state index in [-0.39, 0.29) is 4.92 Å². The summed E-state index contributed by atoms with van der Waals surface area (Å²) in [6, 6.07) is 7.06. The van der Waals surface area contributed by atoms with Crippen molar-refractivity contribution in [2.24, 2.45) is 0 Å². The van der Waals surface area contributed by atoms with Crippen LogP contribution in [-0.2, 0) is 6.42 Å². The van der Waals surface area contributed by atoms with Gasteiger partial charge >= 0.3 is 0 Å². The van der Waals surface area contributed by atoms with E-state index in [0.717, 1.165) is 10.0 Å². The Morgan fingerprint density at radius 3 is 2.85 bits per heavy atom. The molecule has 1 atom stereocenters. The normalized spacial score (nSPS) is 12.5. The smallest absolute Gasteiger partial charge is 0.214 e. The van der Waals surface area contributed by atoms with Gasteiger partial charge < -0.3 is 0 Å². The van der Waals surface area contributed by atoms with Crippen LogP contribution < -0.4 is 0 Å². The Labute approximate surface area is 85.0 Å². The quantitative estimate of drug-likeness (QED) is 0.605. The van der Waals surface area contributed by atoms with Gasteiger partial charge in [0.05, 0.1) is 0 Å². The van der Waals surface area contributed by atoms with Crippen molar-refractivity contribution in [1.29, 1.82) is 0 Å². The molecule has 3 nitrogen and oxygen atoms in total. The largest absolute Gasteiger partial charge is 0.264 e. The van der Waals surface area contributed by atoms with Crippen molar-refractivity contribution in [3.63, 3.8) is 0 Å². The average Bonchev–Trinajstić information content (AvgIpc) is 2.04. The van der Waals surface area contributed by atoms with Crippen LogP contribution in [-0.4, -0.2) is 11.0 Å². The Morgan fingerprint density at radius 1 is 1.62 bits per heavy atom. The van der Waals surface area contributed by atoms with Gasteiger partial charge in [-0.25, -0.2) is 0 Å². The summed E-state index contributed by atoms with van der Waals surface area (Å²) in [5.74, 6) is 0. The molecule has 0 fully saturated rings. The Bertz CT molecular complexity index is 314. The summed E-state index contributed by atoms with van der Waals surface area (Å²) in [7, 11) is 0. The zero-order valence-electron chi connectivity index (χ0n) is 7.24. The van der Waals surface area contributed by atoms with Crippen LogP contribution in [0.1, 0.15) is 12.5 Å². The molecule has 0 spiro atoms. The van der Waals surface area contributed by atoms with Crippen molar-refractivity contribution in [3.8, 4) is 0 Å². The fourth-order valence-corrected chi connectivity index (χ4v) is 1.53. The summed E-state index contributed by atoms with van der Waals surface area (Å²) in [5.41, 5.74) is 0.985. The number of rotatable bonds is 3. The highest BCUT2D eigenvalue weighted by Crippen LogP contribution is 2.13. The van der Waals surface area contributed by atoms with Crippen molar-refractivity contribution < 1.29 is 4.92 Å². The van der Waals surface area contributed by atoms with Gasteiger partial charge in [0.25, 0.3) is 0 Å². The zero-order valence-corrected chi connectivity index (χ0v) is 8.82. The second-order valence-corrected chi connectivity index (χ2v) is 3.88. The average molecular weight is 244 g/mol. The highest BCUT2D eigenvalue weighted by Gasteiger charge is 2.12. The van der Waals surface area contributed by atoms with Gasteiger partial charge in [0.15, 0.2) is 0 Å². The lowest BCUT2D eigenvalue weighted by molar-refractivity contribution is -0.517. The number of hydrogen-bond acceptors (Lipinski definition) is 2. The standard InChI is InChI=1S/C9H10BrNO2/c1-7(11(12)13)5-8-3-2-4-9(10)6-8/h2-4,6-7H,5H2,1H3/t7-/m1/s1. The molecule has 13 heavy (non-hydrogen) atoms. The van der Waals surface area contributed by atoms with Crippen LogP contribution in [0.15, 0.2) is 28.7 Å². The topological polar surface area (TPSA) is 43.1 Å². The number of hydrogen-bond donors (Lipinski definition) is 0. The van der Waals surface area contributed by atoms with E-state index < -0.39 is 6.04 Å². The summed E-state index contributed by atoms with van der Waals surface area (Å²) < 4.78 is 0.959. The van der Waals surface area contributed by atoms with Crippen molar-refractivity contribution >= 4 is 15.9 Å². The first-order chi connectivity index (χ1) is 6.09. The monoisotopic (exact) mass is 243 g/mol. The predicted octanol–water partition coefficient (Wildman–Crippen LogP) is 2.66. The SMILES string of the molecule is C[C@H](Cc1cccc(Br)c1)[N+](=O)[O-]. The van der Waals surface area contributed by atoms with Crippen molar-refractivity contribution in [2.75, 3.05) is 0 Å². The lowest BCUT2D eigenvalue weighted by Crippen LogP contribution is -2.17. The highest BCUT2D eigenvalue weighted by atomic mass is 79.9. The van der Waals surface area contributed by atoms with Crippen LogP contribution in [0.4, 0.5) is 0 Å². The van der Waals surface area contributed by atoms with Crippen LogP contribution in [0.5, 0.6) is 0 Å². The van der Waals surface area contributed by atoms with Crippen molar-refractivity contribution in [1.82, 2.24) is 0 Å². The molecule has 0 bridgehead atoms. The Morgan fingerprint density at radius 2 is 2.31 bits per heavy atom. The first kappa shape index (κ1) is 10.2. The van der Waals surface area contributed by atoms with Crippen LogP contribution in [0, 0.1) is 10.1 Å². The molecule has 0 aliphatic carbocycles. The van der Waals surface area contributed by atoms with Gasteiger partial charge in [-0.15, -0.1) is 0 Å². The van der Waals surface area contributed by atoms with Gasteiger partial charge in [0.2, 0.25) is 6.04 Å². The molecule has 70 valence electrons. The first-order valence-electron chi connectivity index (χ1n) is 3.97. The van der Waals surface area contributed by atoms with Gasteiger partial charge in [-0.2, -0.15) is 0 Å². The lowest BCUT2D eigenvalue weighted by Gasteiger charge is -2.03. The van der Waals surface area contributed by atoms with Gasteiger partial charge in [0.1, 0.15) is 0 Å². The van der Waals surface area contributed by atoms with E-state index in [1.807, 2.05) is 24.3 Å². The van der Waals surface area contributed by atoms with Crippen LogP contribution >= 0.6 is 15.9 Å². The maximum Gasteiger partial charge on any atom is 0.214 e. The van der Waals surface area contributed by atoms with Gasteiger partial charge in [-0.05, 0) is 17.7 Å². The van der Waals surface area contributed by atoms with E-state index in [2.05, 4.69) is 15.9 Å². The molecule has 0 aliphatic heterocycles. The van der Waals surface area contributed by atoms with E-state index in [1.165, 1.54) is 0 Å². The fraction of sp³-hybridized carbons (Fsp3) is 0.333. The summed E-state index contributed by atoms with van der Waals surface area (Å²) >= 11 is 3.32. The van der Waals surface area contributed by atoms with E-state index in [1.54, 1.807) is 6.92 Å². The van der Waals surface area contributed by atoms with Crippen LogP contribution in [0.2, 0.25) is 0 Å². The van der Waals surface area contributed by atoms with Crippen LogP contribution in [0.3, 0.4) is 0 Å². The number of halogens is 1. The molecule has 0 radical (unpaired) electrons. The van der Waals surface area contributed by atoms with Gasteiger partial charge in [-0.3, -0.25) is 10.1 Å². The fourth-order valence-electron chi connectivity index (χ4n) is 1.08. The first-order valence-corrected chi connectivity index (χ1v) is 4.77. The molecule has 1 aromatic carbocycles. The summed E-state index contributed by atoms with van der Waals surface area (Å²) in [6.07, 6.45) is 0.479. The highest BCUT2D eigenvalue weighted by molar-refractivity contribution is 9.10. The summed E-state index contributed by atoms with van der Waals surface area (Å²) in [4.78, 5) is 10.1. The molecular weight excluding hydrogens is 234 g/mol. The number of benzene rings is 1. The van der Waals surface area contributed by atoms with E-state index in [9.17, 15) is 10.1 Å². The Hall–Kier alpha value is -0.900. The molecule has 4 heteroatoms. The third-order valence-electron chi connectivity index (χ3n) is 1.78. The Balaban J connectivity index is 2.69. The van der Waals surface area contributed by atoms with Gasteiger partial charge in [0, 0.05) is 22.7 Å².